The summed E-state index contributed by atoms with van der Waals surface area (Å²) in [4.78, 5) is 11.8. The van der Waals surface area contributed by atoms with Crippen molar-refractivity contribution in [1.29, 1.82) is 0 Å². The molecule has 0 aliphatic heterocycles. The molecule has 0 aromatic rings. The third-order valence-electron chi connectivity index (χ3n) is 9.06. The van der Waals surface area contributed by atoms with Crippen molar-refractivity contribution in [3.8, 4) is 0 Å². The summed E-state index contributed by atoms with van der Waals surface area (Å²) in [6.45, 7) is 4.86. The summed E-state index contributed by atoms with van der Waals surface area (Å²) < 4.78 is 0. The Labute approximate surface area is 147 Å². The molecule has 8 atom stereocenters. The summed E-state index contributed by atoms with van der Waals surface area (Å²) in [7, 11) is 0. The Balaban J connectivity index is 1.49. The molecular formula is C23H32O. The van der Waals surface area contributed by atoms with E-state index in [1.807, 2.05) is 6.08 Å². The Bertz CT molecular complexity index is 614. The van der Waals surface area contributed by atoms with Crippen molar-refractivity contribution in [3.63, 3.8) is 0 Å². The zero-order valence-corrected chi connectivity index (χ0v) is 15.3. The lowest BCUT2D eigenvalue weighted by Crippen LogP contribution is -2.47. The van der Waals surface area contributed by atoms with Crippen molar-refractivity contribution in [1.82, 2.24) is 0 Å². The van der Waals surface area contributed by atoms with Gasteiger partial charge in [0.25, 0.3) is 0 Å². The summed E-state index contributed by atoms with van der Waals surface area (Å²) >= 11 is 0. The molecule has 5 aliphatic rings. The summed E-state index contributed by atoms with van der Waals surface area (Å²) in [5, 5.41) is 0. The molecule has 4 saturated carbocycles. The van der Waals surface area contributed by atoms with Crippen LogP contribution >= 0.6 is 0 Å². The molecule has 0 aromatic carbocycles. The largest absolute Gasteiger partial charge is 0.295 e. The third kappa shape index (κ3) is 1.90. The first-order chi connectivity index (χ1) is 11.6. The van der Waals surface area contributed by atoms with E-state index in [9.17, 15) is 4.79 Å². The molecule has 1 heteroatoms. The van der Waals surface area contributed by atoms with Gasteiger partial charge in [-0.1, -0.05) is 24.6 Å². The summed E-state index contributed by atoms with van der Waals surface area (Å²) in [6, 6.07) is 0. The lowest BCUT2D eigenvalue weighted by atomic mass is 9.50. The Morgan fingerprint density at radius 2 is 1.79 bits per heavy atom. The van der Waals surface area contributed by atoms with Crippen molar-refractivity contribution in [2.75, 3.05) is 0 Å². The zero-order chi connectivity index (χ0) is 16.5. The van der Waals surface area contributed by atoms with E-state index in [4.69, 9.17) is 0 Å². The maximum Gasteiger partial charge on any atom is 0.155 e. The van der Waals surface area contributed by atoms with Crippen molar-refractivity contribution in [2.24, 2.45) is 46.8 Å². The van der Waals surface area contributed by atoms with Crippen molar-refractivity contribution < 1.29 is 4.79 Å². The minimum Gasteiger partial charge on any atom is -0.295 e. The van der Waals surface area contributed by atoms with Crippen LogP contribution in [0.2, 0.25) is 0 Å². The molecule has 5 rings (SSSR count). The van der Waals surface area contributed by atoms with Crippen molar-refractivity contribution in [2.45, 2.75) is 65.2 Å². The maximum absolute atomic E-state index is 11.8. The minimum absolute atomic E-state index is 0.397. The van der Waals surface area contributed by atoms with Gasteiger partial charge in [0.05, 0.1) is 0 Å². The van der Waals surface area contributed by atoms with Crippen LogP contribution in [-0.4, -0.2) is 5.78 Å². The van der Waals surface area contributed by atoms with Gasteiger partial charge in [-0.2, -0.15) is 0 Å². The van der Waals surface area contributed by atoms with Crippen LogP contribution in [0.1, 0.15) is 65.2 Å². The van der Waals surface area contributed by atoms with Crippen LogP contribution in [0.3, 0.4) is 0 Å². The Kier molecular flexibility index (Phi) is 3.42. The van der Waals surface area contributed by atoms with Gasteiger partial charge in [0.15, 0.2) is 5.78 Å². The third-order valence-corrected chi connectivity index (χ3v) is 9.06. The quantitative estimate of drug-likeness (QED) is 0.577. The predicted octanol–water partition coefficient (Wildman–Crippen LogP) is 5.57. The molecular weight excluding hydrogens is 292 g/mol. The standard InChI is InChI=1S/C23H32O/c1-3-4-21-18-9-10-20(18)22-19-7-5-14-13-15(24)6-8-16(14)17(19)11-12-23(21,22)2/h3-4,13,16-22H,5-12H2,1-2H3/b4-3+/t16-,17+,18+,19+,20-,21+,22+,23+/m0/s1. The van der Waals surface area contributed by atoms with Crippen molar-refractivity contribution in [3.05, 3.63) is 23.8 Å². The maximum atomic E-state index is 11.8. The molecule has 24 heavy (non-hydrogen) atoms. The van der Waals surface area contributed by atoms with Gasteiger partial charge in [-0.25, -0.2) is 0 Å². The number of hydrogen-bond donors (Lipinski definition) is 0. The van der Waals surface area contributed by atoms with Gasteiger partial charge >= 0.3 is 0 Å². The molecule has 4 fully saturated rings. The average Bonchev–Trinajstić information content (AvgIpc) is 2.71. The normalized spacial score (nSPS) is 52.8. The van der Waals surface area contributed by atoms with E-state index in [1.54, 1.807) is 0 Å². The molecule has 130 valence electrons. The molecule has 5 aliphatic carbocycles. The molecule has 0 spiro atoms. The fourth-order valence-electron chi connectivity index (χ4n) is 8.15. The van der Waals surface area contributed by atoms with Gasteiger partial charge in [0, 0.05) is 6.42 Å². The molecule has 0 saturated heterocycles. The summed E-state index contributed by atoms with van der Waals surface area (Å²) in [5.41, 5.74) is 2.09. The first kappa shape index (κ1) is 15.4. The summed E-state index contributed by atoms with van der Waals surface area (Å²) in [5.74, 6) is 6.80. The van der Waals surface area contributed by atoms with Crippen molar-refractivity contribution >= 4 is 5.78 Å². The fraction of sp³-hybridized carbons (Fsp3) is 0.783. The predicted molar refractivity (Wildman–Crippen MR) is 97.4 cm³/mol. The van der Waals surface area contributed by atoms with Gasteiger partial charge in [-0.15, -0.1) is 0 Å². The number of rotatable bonds is 1. The van der Waals surface area contributed by atoms with Gasteiger partial charge in [-0.3, -0.25) is 4.79 Å². The van der Waals surface area contributed by atoms with Crippen LogP contribution in [0.4, 0.5) is 0 Å². The van der Waals surface area contributed by atoms with Crippen LogP contribution in [-0.2, 0) is 4.79 Å². The van der Waals surface area contributed by atoms with E-state index in [-0.39, 0.29) is 0 Å². The minimum atomic E-state index is 0.397. The van der Waals surface area contributed by atoms with Gasteiger partial charge in [-0.05, 0) is 105 Å². The number of hydrogen-bond acceptors (Lipinski definition) is 1. The monoisotopic (exact) mass is 324 g/mol. The van der Waals surface area contributed by atoms with E-state index in [0.717, 1.165) is 54.3 Å². The molecule has 0 N–H and O–H groups in total. The van der Waals surface area contributed by atoms with Gasteiger partial charge in [0.1, 0.15) is 0 Å². The molecule has 0 aromatic heterocycles. The van der Waals surface area contributed by atoms with Crippen LogP contribution in [0.5, 0.6) is 0 Å². The highest BCUT2D eigenvalue weighted by molar-refractivity contribution is 5.91. The van der Waals surface area contributed by atoms with E-state index >= 15 is 0 Å². The number of carbonyl (C=O) groups excluding carboxylic acids is 1. The SMILES string of the molecule is C/C=C/[C@@H]1[C@@H]2CC[C@@H]2[C@H]2[C@@H]3CCC4=CC(=O)CC[C@@H]4[C@H]3CC[C@@]21C. The number of carbonyl (C=O) groups is 1. The molecule has 0 amide bonds. The average molecular weight is 325 g/mol. The molecule has 0 radical (unpaired) electrons. The lowest BCUT2D eigenvalue weighted by molar-refractivity contribution is -0.116. The molecule has 1 nitrogen and oxygen atoms in total. The Hall–Kier alpha value is -0.850. The number of allylic oxidation sites excluding steroid dienone is 3. The fourth-order valence-corrected chi connectivity index (χ4v) is 8.15. The second-order valence-electron chi connectivity index (χ2n) is 9.72. The van der Waals surface area contributed by atoms with Gasteiger partial charge < -0.3 is 0 Å². The molecule has 0 heterocycles. The Morgan fingerprint density at radius 1 is 1.00 bits per heavy atom. The highest BCUT2D eigenvalue weighted by Crippen LogP contribution is 2.71. The van der Waals surface area contributed by atoms with E-state index in [1.165, 1.54) is 44.1 Å². The van der Waals surface area contributed by atoms with E-state index in [2.05, 4.69) is 26.0 Å². The number of ketones is 1. The van der Waals surface area contributed by atoms with Crippen LogP contribution in [0, 0.1) is 46.8 Å². The van der Waals surface area contributed by atoms with Crippen LogP contribution in [0.15, 0.2) is 23.8 Å². The van der Waals surface area contributed by atoms with Gasteiger partial charge in [0.2, 0.25) is 0 Å². The topological polar surface area (TPSA) is 17.1 Å². The number of fused-ring (bicyclic) bond motifs is 7. The first-order valence-electron chi connectivity index (χ1n) is 10.5. The lowest BCUT2D eigenvalue weighted by Gasteiger charge is -2.55. The second-order valence-corrected chi connectivity index (χ2v) is 9.72. The smallest absolute Gasteiger partial charge is 0.155 e. The van der Waals surface area contributed by atoms with E-state index in [0.29, 0.717) is 11.2 Å². The van der Waals surface area contributed by atoms with Crippen LogP contribution < -0.4 is 0 Å². The van der Waals surface area contributed by atoms with E-state index < -0.39 is 0 Å². The highest BCUT2D eigenvalue weighted by Gasteiger charge is 2.64. The van der Waals surface area contributed by atoms with Crippen LogP contribution in [0.25, 0.3) is 0 Å². The second kappa shape index (κ2) is 5.32. The first-order valence-corrected chi connectivity index (χ1v) is 10.5. The molecule has 0 bridgehead atoms. The zero-order valence-electron chi connectivity index (χ0n) is 15.3. The molecule has 0 unspecified atom stereocenters. The Morgan fingerprint density at radius 3 is 2.54 bits per heavy atom. The summed E-state index contributed by atoms with van der Waals surface area (Å²) in [6.07, 6.45) is 17.3. The highest BCUT2D eigenvalue weighted by atomic mass is 16.1.